The number of halogens is 3. The van der Waals surface area contributed by atoms with Crippen LogP contribution in [0.15, 0.2) is 6.07 Å². The third kappa shape index (κ3) is 4.73. The highest BCUT2D eigenvalue weighted by Gasteiger charge is 2.35. The average Bonchev–Trinajstić information content (AvgIpc) is 2.13. The summed E-state index contributed by atoms with van der Waals surface area (Å²) in [4.78, 5) is 6.25. The van der Waals surface area contributed by atoms with Gasteiger partial charge in [0.15, 0.2) is 0 Å². The molecule has 0 aliphatic heterocycles. The Morgan fingerprint density at radius 2 is 2.00 bits per heavy atom. The molecule has 0 radical (unpaired) electrons. The molecule has 0 bridgehead atoms. The van der Waals surface area contributed by atoms with Gasteiger partial charge in [-0.2, -0.15) is 13.2 Å². The molecule has 1 aromatic rings. The molecule has 0 aromatic carbocycles. The van der Waals surface area contributed by atoms with Crippen molar-refractivity contribution in [3.8, 4) is 0 Å². The number of sulfone groups is 1. The summed E-state index contributed by atoms with van der Waals surface area (Å²) in [6.07, 6.45) is -3.69. The van der Waals surface area contributed by atoms with Gasteiger partial charge in [0.1, 0.15) is 21.5 Å². The lowest BCUT2D eigenvalue weighted by atomic mass is 10.4. The van der Waals surface area contributed by atoms with Crippen molar-refractivity contribution in [1.29, 1.82) is 0 Å². The number of nitrogen functional groups attached to an aromatic ring is 1. The van der Waals surface area contributed by atoms with Gasteiger partial charge in [-0.3, -0.25) is 0 Å². The van der Waals surface area contributed by atoms with E-state index in [4.69, 9.17) is 5.73 Å². The highest BCUT2D eigenvalue weighted by molar-refractivity contribution is 7.90. The smallest absolute Gasteiger partial charge is 0.384 e. The Hall–Kier alpha value is -1.58. The van der Waals surface area contributed by atoms with Crippen molar-refractivity contribution in [3.63, 3.8) is 0 Å². The van der Waals surface area contributed by atoms with E-state index in [0.29, 0.717) is 0 Å². The van der Waals surface area contributed by atoms with Crippen LogP contribution in [-0.4, -0.2) is 36.9 Å². The first-order chi connectivity index (χ1) is 8.08. The number of rotatable bonds is 4. The third-order valence-corrected chi connectivity index (χ3v) is 2.72. The Balaban J connectivity index is 2.81. The zero-order chi connectivity index (χ0) is 14.0. The van der Waals surface area contributed by atoms with Crippen molar-refractivity contribution < 1.29 is 21.6 Å². The standard InChI is InChI=1S/C8H11F3N4O2S/c1-18(16,17)3-2-13-6-4-5(12)14-7(15-6)8(9,10)11/h4H,2-3H2,1H3,(H3,12,13,14,15). The van der Waals surface area contributed by atoms with Gasteiger partial charge in [-0.25, -0.2) is 18.4 Å². The summed E-state index contributed by atoms with van der Waals surface area (Å²) in [5.74, 6) is -2.11. The number of nitrogens with zero attached hydrogens (tertiary/aromatic N) is 2. The number of anilines is 2. The second-order valence-corrected chi connectivity index (χ2v) is 5.82. The first kappa shape index (κ1) is 14.5. The van der Waals surface area contributed by atoms with Crippen LogP contribution in [0.1, 0.15) is 5.82 Å². The quantitative estimate of drug-likeness (QED) is 0.837. The van der Waals surface area contributed by atoms with Gasteiger partial charge < -0.3 is 11.1 Å². The second-order valence-electron chi connectivity index (χ2n) is 3.56. The molecule has 10 heteroatoms. The maximum atomic E-state index is 12.4. The molecule has 0 spiro atoms. The maximum absolute atomic E-state index is 12.4. The van der Waals surface area contributed by atoms with Gasteiger partial charge in [-0.1, -0.05) is 0 Å². The van der Waals surface area contributed by atoms with E-state index in [2.05, 4.69) is 15.3 Å². The lowest BCUT2D eigenvalue weighted by Gasteiger charge is -2.09. The summed E-state index contributed by atoms with van der Waals surface area (Å²) in [7, 11) is -3.20. The van der Waals surface area contributed by atoms with Gasteiger partial charge in [0.25, 0.3) is 0 Å². The van der Waals surface area contributed by atoms with Gasteiger partial charge in [0.05, 0.1) is 5.75 Å². The van der Waals surface area contributed by atoms with Crippen molar-refractivity contribution in [1.82, 2.24) is 9.97 Å². The van der Waals surface area contributed by atoms with E-state index in [1.165, 1.54) is 0 Å². The third-order valence-electron chi connectivity index (χ3n) is 1.78. The molecule has 0 fully saturated rings. The zero-order valence-electron chi connectivity index (χ0n) is 9.32. The number of nitrogens with two attached hydrogens (primary N) is 1. The molecule has 18 heavy (non-hydrogen) atoms. The molecular formula is C8H11F3N4O2S. The number of hydrogen-bond donors (Lipinski definition) is 2. The minimum Gasteiger partial charge on any atom is -0.384 e. The Kier molecular flexibility index (Phi) is 3.99. The average molecular weight is 284 g/mol. The molecular weight excluding hydrogens is 273 g/mol. The Morgan fingerprint density at radius 3 is 2.50 bits per heavy atom. The van der Waals surface area contributed by atoms with Crippen molar-refractivity contribution in [2.75, 3.05) is 29.6 Å². The van der Waals surface area contributed by atoms with Crippen molar-refractivity contribution in [2.24, 2.45) is 0 Å². The fraction of sp³-hybridized carbons (Fsp3) is 0.500. The largest absolute Gasteiger partial charge is 0.451 e. The Morgan fingerprint density at radius 1 is 1.39 bits per heavy atom. The SMILES string of the molecule is CS(=O)(=O)CCNc1cc(N)nc(C(F)(F)F)n1. The monoisotopic (exact) mass is 284 g/mol. The molecule has 0 aliphatic rings. The summed E-state index contributed by atoms with van der Waals surface area (Å²) >= 11 is 0. The Bertz CT molecular complexity index is 530. The van der Waals surface area contributed by atoms with Crippen LogP contribution in [0.25, 0.3) is 0 Å². The normalized spacial score (nSPS) is 12.4. The van der Waals surface area contributed by atoms with Crippen LogP contribution in [0.2, 0.25) is 0 Å². The van der Waals surface area contributed by atoms with Crippen LogP contribution in [0.3, 0.4) is 0 Å². The second kappa shape index (κ2) is 4.96. The van der Waals surface area contributed by atoms with Crippen LogP contribution < -0.4 is 11.1 Å². The Labute approximate surface area is 101 Å². The molecule has 1 aromatic heterocycles. The van der Waals surface area contributed by atoms with E-state index in [1.54, 1.807) is 0 Å². The highest BCUT2D eigenvalue weighted by Crippen LogP contribution is 2.27. The van der Waals surface area contributed by atoms with Gasteiger partial charge in [0.2, 0.25) is 5.82 Å². The summed E-state index contributed by atoms with van der Waals surface area (Å²) in [6.45, 7) is -0.0629. The molecule has 0 atom stereocenters. The van der Waals surface area contributed by atoms with E-state index < -0.39 is 21.8 Å². The van der Waals surface area contributed by atoms with E-state index in [1.807, 2.05) is 0 Å². The summed E-state index contributed by atoms with van der Waals surface area (Å²) in [5.41, 5.74) is 5.20. The van der Waals surface area contributed by atoms with E-state index in [9.17, 15) is 21.6 Å². The van der Waals surface area contributed by atoms with Gasteiger partial charge in [-0.05, 0) is 0 Å². The number of nitrogens with one attached hydrogen (secondary N) is 1. The number of alkyl halides is 3. The lowest BCUT2D eigenvalue weighted by molar-refractivity contribution is -0.144. The zero-order valence-corrected chi connectivity index (χ0v) is 10.1. The summed E-state index contributed by atoms with van der Waals surface area (Å²) < 4.78 is 58.7. The molecule has 0 saturated carbocycles. The number of aromatic nitrogens is 2. The van der Waals surface area contributed by atoms with Crippen molar-refractivity contribution in [3.05, 3.63) is 11.9 Å². The number of hydrogen-bond acceptors (Lipinski definition) is 6. The van der Waals surface area contributed by atoms with Crippen LogP contribution in [-0.2, 0) is 16.0 Å². The van der Waals surface area contributed by atoms with Crippen LogP contribution in [0.5, 0.6) is 0 Å². The highest BCUT2D eigenvalue weighted by atomic mass is 32.2. The topological polar surface area (TPSA) is 98.0 Å². The molecule has 0 unspecified atom stereocenters. The fourth-order valence-corrected chi connectivity index (χ4v) is 1.52. The molecule has 102 valence electrons. The molecule has 0 aliphatic carbocycles. The van der Waals surface area contributed by atoms with Gasteiger partial charge >= 0.3 is 6.18 Å². The minimum absolute atomic E-state index is 0.0629. The minimum atomic E-state index is -4.71. The van der Waals surface area contributed by atoms with Crippen LogP contribution in [0.4, 0.5) is 24.8 Å². The van der Waals surface area contributed by atoms with Crippen molar-refractivity contribution in [2.45, 2.75) is 6.18 Å². The summed E-state index contributed by atoms with van der Waals surface area (Å²) in [5, 5.41) is 2.44. The lowest BCUT2D eigenvalue weighted by Crippen LogP contribution is -2.18. The van der Waals surface area contributed by atoms with E-state index in [0.717, 1.165) is 12.3 Å². The first-order valence-electron chi connectivity index (χ1n) is 4.71. The summed E-state index contributed by atoms with van der Waals surface area (Å²) in [6, 6.07) is 1.09. The molecule has 1 rings (SSSR count). The maximum Gasteiger partial charge on any atom is 0.451 e. The first-order valence-corrected chi connectivity index (χ1v) is 6.77. The van der Waals surface area contributed by atoms with E-state index >= 15 is 0 Å². The van der Waals surface area contributed by atoms with Gasteiger partial charge in [0, 0.05) is 18.9 Å². The van der Waals surface area contributed by atoms with Crippen LogP contribution >= 0.6 is 0 Å². The predicted molar refractivity (Wildman–Crippen MR) is 59.6 cm³/mol. The molecule has 3 N–H and O–H groups in total. The fourth-order valence-electron chi connectivity index (χ4n) is 1.05. The molecule has 0 amide bonds. The van der Waals surface area contributed by atoms with Crippen LogP contribution in [0, 0.1) is 0 Å². The molecule has 0 saturated heterocycles. The molecule has 1 heterocycles. The molecule has 6 nitrogen and oxygen atoms in total. The van der Waals surface area contributed by atoms with Gasteiger partial charge in [-0.15, -0.1) is 0 Å². The predicted octanol–water partition coefficient (Wildman–Crippen LogP) is 0.534. The van der Waals surface area contributed by atoms with Crippen molar-refractivity contribution >= 4 is 21.5 Å². The van der Waals surface area contributed by atoms with E-state index in [-0.39, 0.29) is 23.9 Å².